The van der Waals surface area contributed by atoms with E-state index < -0.39 is 17.7 Å². The molecule has 3 heterocycles. The second kappa shape index (κ2) is 6.68. The summed E-state index contributed by atoms with van der Waals surface area (Å²) in [5, 5.41) is 2.92. The average Bonchev–Trinajstić information content (AvgIpc) is 3.24. The van der Waals surface area contributed by atoms with Gasteiger partial charge in [-0.1, -0.05) is 19.4 Å². The summed E-state index contributed by atoms with van der Waals surface area (Å²) in [5.74, 6) is -0.350. The summed E-state index contributed by atoms with van der Waals surface area (Å²) < 4.78 is 22.0. The molecule has 1 fully saturated rings. The number of ether oxygens (including phenoxy) is 1. The molecule has 0 saturated carbocycles. The highest BCUT2D eigenvalue weighted by atomic mass is 19.1. The molecule has 0 bridgehead atoms. The lowest BCUT2D eigenvalue weighted by Crippen LogP contribution is -2.35. The second-order valence-corrected chi connectivity index (χ2v) is 7.08. The molecule has 1 aromatic rings. The van der Waals surface area contributed by atoms with Crippen LogP contribution in [0.5, 0.6) is 0 Å². The average molecular weight is 372 g/mol. The maximum Gasteiger partial charge on any atom is 0.252 e. The second-order valence-electron chi connectivity index (χ2n) is 7.08. The van der Waals surface area contributed by atoms with E-state index >= 15 is 0 Å². The molecule has 2 unspecified atom stereocenters. The number of fused-ring (bicyclic) bond motifs is 3. The molecule has 8 heteroatoms. The Balaban J connectivity index is 1.60. The van der Waals surface area contributed by atoms with E-state index in [-0.39, 0.29) is 36.1 Å². The number of primary amides is 1. The molecule has 1 saturated heterocycles. The molecule has 0 spiro atoms. The Bertz CT molecular complexity index is 885. The minimum Gasteiger partial charge on any atom is -0.493 e. The molecule has 27 heavy (non-hydrogen) atoms. The monoisotopic (exact) mass is 372 g/mol. The number of hydrogen-bond acceptors (Lipinski definition) is 4. The molecule has 0 radical (unpaired) electrons. The first-order chi connectivity index (χ1) is 13.0. The maximum atomic E-state index is 14.2. The Kier molecular flexibility index (Phi) is 4.33. The van der Waals surface area contributed by atoms with Crippen molar-refractivity contribution < 1.29 is 18.7 Å². The van der Waals surface area contributed by atoms with Crippen molar-refractivity contribution in [1.29, 1.82) is 0 Å². The van der Waals surface area contributed by atoms with Gasteiger partial charge in [0, 0.05) is 30.8 Å². The molecule has 7 nitrogen and oxygen atoms in total. The highest BCUT2D eigenvalue weighted by Gasteiger charge is 2.38. The molecule has 2 amide bonds. The van der Waals surface area contributed by atoms with Crippen LogP contribution in [-0.4, -0.2) is 34.0 Å². The van der Waals surface area contributed by atoms with Crippen molar-refractivity contribution >= 4 is 17.4 Å². The number of carbonyl (C=O) groups excluding carboxylic acids is 2. The third-order valence-corrected chi connectivity index (χ3v) is 5.44. The van der Waals surface area contributed by atoms with Gasteiger partial charge < -0.3 is 20.4 Å². The van der Waals surface area contributed by atoms with Crippen LogP contribution in [0.25, 0.3) is 5.57 Å². The number of carbonyl (C=O) groups is 2. The first-order valence-corrected chi connectivity index (χ1v) is 9.03. The topological polar surface area (TPSA) is 99.2 Å². The fourth-order valence-electron chi connectivity index (χ4n) is 4.08. The molecule has 3 aliphatic rings. The van der Waals surface area contributed by atoms with Gasteiger partial charge in [0.05, 0.1) is 11.6 Å². The van der Waals surface area contributed by atoms with E-state index in [2.05, 4.69) is 10.3 Å². The minimum absolute atomic E-state index is 0.0145. The number of imidazole rings is 1. The summed E-state index contributed by atoms with van der Waals surface area (Å²) in [4.78, 5) is 27.6. The summed E-state index contributed by atoms with van der Waals surface area (Å²) >= 11 is 0. The SMILES string of the molecule is CC[C@@H]1CC(=O)N[C@@H]1COC1=CC(F)=CC2C=C(C(N)=O)c3nccn3C12. The first kappa shape index (κ1) is 17.5. The molecule has 3 N–H and O–H groups in total. The van der Waals surface area contributed by atoms with E-state index in [1.54, 1.807) is 23.0 Å². The zero-order chi connectivity index (χ0) is 19.1. The van der Waals surface area contributed by atoms with Crippen molar-refractivity contribution in [3.8, 4) is 0 Å². The van der Waals surface area contributed by atoms with Crippen molar-refractivity contribution in [2.24, 2.45) is 17.6 Å². The standard InChI is InChI=1S/C19H21FN4O3/c1-2-10-7-16(25)23-14(10)9-27-15-8-12(20)5-11-6-13(18(21)26)19-22-3-4-24(19)17(11)15/h3-6,8,10-11,14,17H,2,7,9H2,1H3,(H2,21,26)(H,23,25)/t10-,11?,14-,17?/m1/s1. The van der Waals surface area contributed by atoms with Crippen molar-refractivity contribution in [3.63, 3.8) is 0 Å². The van der Waals surface area contributed by atoms with Gasteiger partial charge in [-0.2, -0.15) is 0 Å². The molecule has 1 aromatic heterocycles. The lowest BCUT2D eigenvalue weighted by atomic mass is 9.87. The number of amides is 2. The number of nitrogens with zero attached hydrogens (tertiary/aromatic N) is 2. The smallest absolute Gasteiger partial charge is 0.252 e. The van der Waals surface area contributed by atoms with Crippen LogP contribution in [-0.2, 0) is 14.3 Å². The number of hydrogen-bond donors (Lipinski definition) is 2. The van der Waals surface area contributed by atoms with E-state index in [0.717, 1.165) is 6.42 Å². The predicted molar refractivity (Wildman–Crippen MR) is 95.5 cm³/mol. The first-order valence-electron chi connectivity index (χ1n) is 9.03. The van der Waals surface area contributed by atoms with Gasteiger partial charge in [0.15, 0.2) is 0 Å². The lowest BCUT2D eigenvalue weighted by molar-refractivity contribution is -0.119. The van der Waals surface area contributed by atoms with E-state index in [9.17, 15) is 14.0 Å². The normalized spacial score (nSPS) is 29.1. The molecule has 4 atom stereocenters. The van der Waals surface area contributed by atoms with E-state index in [0.29, 0.717) is 18.0 Å². The van der Waals surface area contributed by atoms with Gasteiger partial charge in [0.2, 0.25) is 5.91 Å². The number of halogens is 1. The van der Waals surface area contributed by atoms with Gasteiger partial charge >= 0.3 is 0 Å². The van der Waals surface area contributed by atoms with Crippen molar-refractivity contribution in [1.82, 2.24) is 14.9 Å². The number of allylic oxidation sites excluding steroid dienone is 5. The molecule has 142 valence electrons. The zero-order valence-electron chi connectivity index (χ0n) is 14.9. The molecule has 1 aliphatic carbocycles. The van der Waals surface area contributed by atoms with Gasteiger partial charge in [0.25, 0.3) is 5.91 Å². The Morgan fingerprint density at radius 1 is 1.48 bits per heavy atom. The van der Waals surface area contributed by atoms with Crippen LogP contribution in [0.1, 0.15) is 31.6 Å². The number of nitrogens with two attached hydrogens (primary N) is 1. The van der Waals surface area contributed by atoms with Crippen LogP contribution < -0.4 is 11.1 Å². The number of nitrogens with one attached hydrogen (secondary N) is 1. The van der Waals surface area contributed by atoms with Crippen LogP contribution in [0.2, 0.25) is 0 Å². The zero-order valence-corrected chi connectivity index (χ0v) is 14.9. The summed E-state index contributed by atoms with van der Waals surface area (Å²) in [5.41, 5.74) is 5.72. The summed E-state index contributed by atoms with van der Waals surface area (Å²) in [6, 6.07) is -0.444. The molecule has 0 aromatic carbocycles. The third-order valence-electron chi connectivity index (χ3n) is 5.44. The Labute approximate surface area is 155 Å². The largest absolute Gasteiger partial charge is 0.493 e. The fraction of sp³-hybridized carbons (Fsp3) is 0.421. The van der Waals surface area contributed by atoms with Crippen LogP contribution in [0, 0.1) is 11.8 Å². The van der Waals surface area contributed by atoms with Crippen LogP contribution in [0.15, 0.2) is 42.2 Å². The molecular formula is C19H21FN4O3. The predicted octanol–water partition coefficient (Wildman–Crippen LogP) is 1.60. The van der Waals surface area contributed by atoms with Gasteiger partial charge in [-0.15, -0.1) is 0 Å². The van der Waals surface area contributed by atoms with Gasteiger partial charge in [-0.25, -0.2) is 9.37 Å². The van der Waals surface area contributed by atoms with E-state index in [1.165, 1.54) is 12.2 Å². The maximum absolute atomic E-state index is 14.2. The Hall–Kier alpha value is -2.90. The van der Waals surface area contributed by atoms with Gasteiger partial charge in [-0.3, -0.25) is 9.59 Å². The molecule has 4 rings (SSSR count). The van der Waals surface area contributed by atoms with E-state index in [1.807, 2.05) is 6.92 Å². The van der Waals surface area contributed by atoms with Gasteiger partial charge in [-0.05, 0) is 12.0 Å². The molecular weight excluding hydrogens is 351 g/mol. The van der Waals surface area contributed by atoms with Crippen LogP contribution in [0.4, 0.5) is 4.39 Å². The van der Waals surface area contributed by atoms with E-state index in [4.69, 9.17) is 10.5 Å². The minimum atomic E-state index is -0.605. The summed E-state index contributed by atoms with van der Waals surface area (Å²) in [7, 11) is 0. The fourth-order valence-corrected chi connectivity index (χ4v) is 4.08. The Morgan fingerprint density at radius 3 is 3.04 bits per heavy atom. The van der Waals surface area contributed by atoms with Crippen LogP contribution >= 0.6 is 0 Å². The number of rotatable bonds is 5. The highest BCUT2D eigenvalue weighted by molar-refractivity contribution is 6.18. The summed E-state index contributed by atoms with van der Waals surface area (Å²) in [6.45, 7) is 2.30. The van der Waals surface area contributed by atoms with Gasteiger partial charge in [0.1, 0.15) is 30.1 Å². The third kappa shape index (κ3) is 3.05. The van der Waals surface area contributed by atoms with Crippen molar-refractivity contribution in [2.45, 2.75) is 31.8 Å². The summed E-state index contributed by atoms with van der Waals surface area (Å²) in [6.07, 6.45) is 9.08. The van der Waals surface area contributed by atoms with Crippen LogP contribution in [0.3, 0.4) is 0 Å². The van der Waals surface area contributed by atoms with Crippen molar-refractivity contribution in [3.05, 3.63) is 48.0 Å². The number of aromatic nitrogens is 2. The Morgan fingerprint density at radius 2 is 2.30 bits per heavy atom. The highest BCUT2D eigenvalue weighted by Crippen LogP contribution is 2.41. The lowest BCUT2D eigenvalue weighted by Gasteiger charge is -2.34. The molecule has 2 aliphatic heterocycles. The quantitative estimate of drug-likeness (QED) is 0.820. The van der Waals surface area contributed by atoms with Crippen molar-refractivity contribution in [2.75, 3.05) is 6.61 Å².